The van der Waals surface area contributed by atoms with Crippen LogP contribution in [0.15, 0.2) is 18.2 Å². The molecule has 0 aliphatic heterocycles. The number of nitrogens with zero attached hydrogens (tertiary/aromatic N) is 1. The zero-order chi connectivity index (χ0) is 15.8. The highest BCUT2D eigenvalue weighted by Crippen LogP contribution is 2.22. The van der Waals surface area contributed by atoms with Crippen LogP contribution in [-0.4, -0.2) is 43.3 Å². The van der Waals surface area contributed by atoms with Gasteiger partial charge in [-0.1, -0.05) is 0 Å². The maximum absolute atomic E-state index is 11.6. The zero-order valence-corrected chi connectivity index (χ0v) is 13.2. The second-order valence-electron chi connectivity index (χ2n) is 4.94. The van der Waals surface area contributed by atoms with Crippen LogP contribution in [0, 0.1) is 0 Å². The lowest BCUT2D eigenvalue weighted by atomic mass is 10.1. The van der Waals surface area contributed by atoms with Crippen molar-refractivity contribution in [3.8, 4) is 5.75 Å². The van der Waals surface area contributed by atoms with Crippen LogP contribution in [0.5, 0.6) is 5.75 Å². The van der Waals surface area contributed by atoms with Crippen LogP contribution in [0.25, 0.3) is 0 Å². The Kier molecular flexibility index (Phi) is 6.88. The summed E-state index contributed by atoms with van der Waals surface area (Å²) in [6.07, 6.45) is 0. The molecule has 0 spiro atoms. The maximum Gasteiger partial charge on any atom is 0.234 e. The van der Waals surface area contributed by atoms with Crippen LogP contribution >= 0.6 is 0 Å². The van der Waals surface area contributed by atoms with Crippen molar-refractivity contribution in [2.45, 2.75) is 27.3 Å². The first-order valence-corrected chi connectivity index (χ1v) is 7.19. The molecular formula is C16H24N2O3. The highest BCUT2D eigenvalue weighted by molar-refractivity contribution is 5.94. The SMILES string of the molecule is CCNC(=O)CN(C)Cc1cc(C(C)=O)ccc1OCC. The summed E-state index contributed by atoms with van der Waals surface area (Å²) in [6, 6.07) is 5.41. The van der Waals surface area contributed by atoms with Crippen LogP contribution in [0.4, 0.5) is 0 Å². The Balaban J connectivity index is 2.85. The van der Waals surface area contributed by atoms with E-state index in [9.17, 15) is 9.59 Å². The lowest BCUT2D eigenvalue weighted by Crippen LogP contribution is -2.34. The van der Waals surface area contributed by atoms with Gasteiger partial charge in [0.1, 0.15) is 5.75 Å². The van der Waals surface area contributed by atoms with Crippen molar-refractivity contribution in [2.24, 2.45) is 0 Å². The number of hydrogen-bond donors (Lipinski definition) is 1. The molecule has 5 nitrogen and oxygen atoms in total. The van der Waals surface area contributed by atoms with Gasteiger partial charge in [0.25, 0.3) is 0 Å². The molecule has 0 aromatic heterocycles. The molecule has 0 heterocycles. The van der Waals surface area contributed by atoms with Crippen LogP contribution in [0.1, 0.15) is 36.7 Å². The van der Waals surface area contributed by atoms with Gasteiger partial charge >= 0.3 is 0 Å². The zero-order valence-electron chi connectivity index (χ0n) is 13.2. The standard InChI is InChI=1S/C16H24N2O3/c1-5-17-16(20)11-18(4)10-14-9-13(12(3)19)7-8-15(14)21-6-2/h7-9H,5-6,10-11H2,1-4H3,(H,17,20). The molecule has 0 saturated heterocycles. The van der Waals surface area contributed by atoms with E-state index in [0.717, 1.165) is 11.3 Å². The molecule has 5 heteroatoms. The van der Waals surface area contributed by atoms with E-state index < -0.39 is 0 Å². The van der Waals surface area contributed by atoms with Crippen LogP contribution in [0.3, 0.4) is 0 Å². The van der Waals surface area contributed by atoms with Crippen molar-refractivity contribution >= 4 is 11.7 Å². The normalized spacial score (nSPS) is 10.5. The topological polar surface area (TPSA) is 58.6 Å². The van der Waals surface area contributed by atoms with Crippen molar-refractivity contribution in [3.05, 3.63) is 29.3 Å². The summed E-state index contributed by atoms with van der Waals surface area (Å²) in [6.45, 7) is 7.39. The van der Waals surface area contributed by atoms with Gasteiger partial charge < -0.3 is 10.1 Å². The van der Waals surface area contributed by atoms with Gasteiger partial charge in [-0.3, -0.25) is 14.5 Å². The first-order valence-electron chi connectivity index (χ1n) is 7.19. The molecule has 0 unspecified atom stereocenters. The summed E-state index contributed by atoms with van der Waals surface area (Å²) in [5.41, 5.74) is 1.57. The lowest BCUT2D eigenvalue weighted by molar-refractivity contribution is -0.121. The molecule has 116 valence electrons. The molecule has 0 radical (unpaired) electrons. The van der Waals surface area contributed by atoms with Crippen molar-refractivity contribution < 1.29 is 14.3 Å². The Hall–Kier alpha value is -1.88. The van der Waals surface area contributed by atoms with Crippen LogP contribution in [-0.2, 0) is 11.3 Å². The van der Waals surface area contributed by atoms with Crippen molar-refractivity contribution in [1.82, 2.24) is 10.2 Å². The minimum atomic E-state index is -0.0133. The molecule has 1 amide bonds. The summed E-state index contributed by atoms with van der Waals surface area (Å²) in [7, 11) is 1.87. The fraction of sp³-hybridized carbons (Fsp3) is 0.500. The monoisotopic (exact) mass is 292 g/mol. The van der Waals surface area contributed by atoms with E-state index in [0.29, 0.717) is 31.8 Å². The van der Waals surface area contributed by atoms with Crippen LogP contribution in [0.2, 0.25) is 0 Å². The predicted molar refractivity (Wildman–Crippen MR) is 82.6 cm³/mol. The van der Waals surface area contributed by atoms with E-state index in [1.165, 1.54) is 6.92 Å². The summed E-state index contributed by atoms with van der Waals surface area (Å²) in [5, 5.41) is 2.77. The third-order valence-corrected chi connectivity index (χ3v) is 2.99. The molecule has 1 aromatic carbocycles. The number of carbonyl (C=O) groups is 2. The number of benzene rings is 1. The molecule has 21 heavy (non-hydrogen) atoms. The van der Waals surface area contributed by atoms with Gasteiger partial charge in [-0.15, -0.1) is 0 Å². The second-order valence-corrected chi connectivity index (χ2v) is 4.94. The van der Waals surface area contributed by atoms with Crippen molar-refractivity contribution in [2.75, 3.05) is 26.7 Å². The predicted octanol–water partition coefficient (Wildman–Crippen LogP) is 1.86. The van der Waals surface area contributed by atoms with E-state index >= 15 is 0 Å². The molecule has 0 atom stereocenters. The van der Waals surface area contributed by atoms with E-state index in [2.05, 4.69) is 5.32 Å². The molecule has 0 aliphatic carbocycles. The van der Waals surface area contributed by atoms with E-state index in [1.54, 1.807) is 6.07 Å². The van der Waals surface area contributed by atoms with Gasteiger partial charge in [0.15, 0.2) is 5.78 Å². The van der Waals surface area contributed by atoms with Gasteiger partial charge in [0.05, 0.1) is 13.2 Å². The van der Waals surface area contributed by atoms with Crippen molar-refractivity contribution in [1.29, 1.82) is 0 Å². The number of amides is 1. The molecule has 0 fully saturated rings. The number of Topliss-reactive ketones (excluding diaryl/α,β-unsaturated/α-hetero) is 1. The Labute approximate surface area is 126 Å². The number of hydrogen-bond acceptors (Lipinski definition) is 4. The number of carbonyl (C=O) groups excluding carboxylic acids is 2. The Morgan fingerprint density at radius 2 is 2.00 bits per heavy atom. The minimum Gasteiger partial charge on any atom is -0.494 e. The number of likely N-dealkylation sites (N-methyl/N-ethyl adjacent to an activating group) is 2. The third-order valence-electron chi connectivity index (χ3n) is 2.99. The highest BCUT2D eigenvalue weighted by Gasteiger charge is 2.12. The largest absolute Gasteiger partial charge is 0.494 e. The minimum absolute atomic E-state index is 0.0133. The molecule has 0 aliphatic rings. The average Bonchev–Trinajstić information content (AvgIpc) is 2.40. The quantitative estimate of drug-likeness (QED) is 0.743. The molecule has 1 N–H and O–H groups in total. The summed E-state index contributed by atoms with van der Waals surface area (Å²) < 4.78 is 5.59. The smallest absolute Gasteiger partial charge is 0.234 e. The van der Waals surface area contributed by atoms with Gasteiger partial charge in [0, 0.05) is 24.2 Å². The summed E-state index contributed by atoms with van der Waals surface area (Å²) in [5.74, 6) is 0.761. The molecule has 0 bridgehead atoms. The molecule has 1 rings (SSSR count). The fourth-order valence-corrected chi connectivity index (χ4v) is 2.06. The van der Waals surface area contributed by atoms with Crippen molar-refractivity contribution in [3.63, 3.8) is 0 Å². The first-order chi connectivity index (χ1) is 9.97. The number of ketones is 1. The Bertz CT molecular complexity index is 500. The second kappa shape index (κ2) is 8.42. The maximum atomic E-state index is 11.6. The molecule has 0 saturated carbocycles. The molecule has 1 aromatic rings. The number of rotatable bonds is 8. The fourth-order valence-electron chi connectivity index (χ4n) is 2.06. The van der Waals surface area contributed by atoms with E-state index in [-0.39, 0.29) is 11.7 Å². The van der Waals surface area contributed by atoms with Gasteiger partial charge in [0.2, 0.25) is 5.91 Å². The third kappa shape index (κ3) is 5.55. The van der Waals surface area contributed by atoms with Gasteiger partial charge in [-0.2, -0.15) is 0 Å². The number of nitrogens with one attached hydrogen (secondary N) is 1. The van der Waals surface area contributed by atoms with Crippen LogP contribution < -0.4 is 10.1 Å². The Morgan fingerprint density at radius 3 is 2.57 bits per heavy atom. The molecular weight excluding hydrogens is 268 g/mol. The summed E-state index contributed by atoms with van der Waals surface area (Å²) >= 11 is 0. The number of ether oxygens (including phenoxy) is 1. The highest BCUT2D eigenvalue weighted by atomic mass is 16.5. The van der Waals surface area contributed by atoms with Gasteiger partial charge in [-0.25, -0.2) is 0 Å². The Morgan fingerprint density at radius 1 is 1.29 bits per heavy atom. The average molecular weight is 292 g/mol. The summed E-state index contributed by atoms with van der Waals surface area (Å²) in [4.78, 5) is 25.0. The van der Waals surface area contributed by atoms with E-state index in [1.807, 2.05) is 37.9 Å². The lowest BCUT2D eigenvalue weighted by Gasteiger charge is -2.19. The first kappa shape index (κ1) is 17.2. The van der Waals surface area contributed by atoms with Gasteiger partial charge in [-0.05, 0) is 46.0 Å². The van der Waals surface area contributed by atoms with E-state index in [4.69, 9.17) is 4.74 Å².